The summed E-state index contributed by atoms with van der Waals surface area (Å²) in [7, 11) is 0. The second-order valence-electron chi connectivity index (χ2n) is 8.24. The van der Waals surface area contributed by atoms with Crippen LogP contribution in [0.25, 0.3) is 11.1 Å². The molecule has 176 valence electrons. The highest BCUT2D eigenvalue weighted by atomic mass is 16.5. The molecule has 33 heavy (non-hydrogen) atoms. The number of carboxylic acid groups (broad SMARTS) is 1. The van der Waals surface area contributed by atoms with E-state index in [-0.39, 0.29) is 31.5 Å². The lowest BCUT2D eigenvalue weighted by Crippen LogP contribution is -2.54. The molecule has 1 aliphatic rings. The van der Waals surface area contributed by atoms with E-state index < -0.39 is 30.1 Å². The van der Waals surface area contributed by atoms with Crippen LogP contribution in [0.15, 0.2) is 48.5 Å². The number of carbonyl (C=O) groups is 3. The Bertz CT molecular complexity index is 962. The van der Waals surface area contributed by atoms with Gasteiger partial charge in [0.1, 0.15) is 18.7 Å². The molecule has 4 N–H and O–H groups in total. The maximum Gasteiger partial charge on any atom is 0.407 e. The lowest BCUT2D eigenvalue weighted by atomic mass is 9.97. The van der Waals surface area contributed by atoms with Crippen molar-refractivity contribution in [1.29, 1.82) is 0 Å². The number of hydrogen-bond acceptors (Lipinski definition) is 5. The summed E-state index contributed by atoms with van der Waals surface area (Å²) in [6, 6.07) is 13.8. The number of ether oxygens (including phenoxy) is 1. The van der Waals surface area contributed by atoms with Crippen molar-refractivity contribution in [3.63, 3.8) is 0 Å². The molecule has 8 nitrogen and oxygen atoms in total. The summed E-state index contributed by atoms with van der Waals surface area (Å²) in [5.74, 6) is -2.24. The van der Waals surface area contributed by atoms with Crippen molar-refractivity contribution in [2.24, 2.45) is 5.92 Å². The van der Waals surface area contributed by atoms with Crippen molar-refractivity contribution in [2.75, 3.05) is 13.2 Å². The van der Waals surface area contributed by atoms with E-state index in [1.54, 1.807) is 6.92 Å². The summed E-state index contributed by atoms with van der Waals surface area (Å²) in [4.78, 5) is 36.7. The van der Waals surface area contributed by atoms with E-state index in [1.807, 2.05) is 55.5 Å². The number of fused-ring (bicyclic) bond motifs is 3. The molecule has 0 radical (unpaired) electrons. The topological polar surface area (TPSA) is 125 Å². The summed E-state index contributed by atoms with van der Waals surface area (Å²) in [6.45, 7) is 3.38. The zero-order valence-electron chi connectivity index (χ0n) is 18.8. The number of aliphatic carboxylic acids is 1. The number of aliphatic hydroxyl groups is 1. The minimum atomic E-state index is -1.25. The molecule has 8 heteroatoms. The predicted molar refractivity (Wildman–Crippen MR) is 123 cm³/mol. The minimum Gasteiger partial charge on any atom is -0.480 e. The Balaban J connectivity index is 1.68. The quantitative estimate of drug-likeness (QED) is 0.438. The Morgan fingerprint density at radius 2 is 1.58 bits per heavy atom. The van der Waals surface area contributed by atoms with Crippen LogP contribution in [0.4, 0.5) is 4.79 Å². The third-order valence-electron chi connectivity index (χ3n) is 6.14. The first kappa shape index (κ1) is 24.3. The number of benzene rings is 2. The Kier molecular flexibility index (Phi) is 8.06. The maximum atomic E-state index is 12.7. The maximum absolute atomic E-state index is 12.7. The van der Waals surface area contributed by atoms with E-state index in [9.17, 15) is 19.5 Å². The number of nitrogens with one attached hydrogen (secondary N) is 2. The van der Waals surface area contributed by atoms with Crippen LogP contribution in [-0.2, 0) is 14.3 Å². The Morgan fingerprint density at radius 3 is 2.09 bits per heavy atom. The molecular formula is C25H30N2O6. The van der Waals surface area contributed by atoms with Crippen LogP contribution >= 0.6 is 0 Å². The molecule has 0 fully saturated rings. The minimum absolute atomic E-state index is 0.108. The summed E-state index contributed by atoms with van der Waals surface area (Å²) in [5.41, 5.74) is 4.39. The second kappa shape index (κ2) is 11.0. The first-order valence-electron chi connectivity index (χ1n) is 11.1. The molecule has 0 aromatic heterocycles. The van der Waals surface area contributed by atoms with Gasteiger partial charge >= 0.3 is 12.1 Å². The van der Waals surface area contributed by atoms with Crippen molar-refractivity contribution in [3.8, 4) is 11.1 Å². The number of alkyl carbamates (subject to hydrolysis) is 1. The average molecular weight is 455 g/mol. The molecule has 0 aliphatic heterocycles. The van der Waals surface area contributed by atoms with Gasteiger partial charge in [0.2, 0.25) is 5.91 Å². The van der Waals surface area contributed by atoms with Crippen molar-refractivity contribution in [2.45, 2.75) is 44.7 Å². The van der Waals surface area contributed by atoms with Crippen LogP contribution < -0.4 is 10.6 Å². The number of aliphatic hydroxyl groups excluding tert-OH is 1. The molecule has 1 aliphatic carbocycles. The molecule has 2 aromatic rings. The average Bonchev–Trinajstić information content (AvgIpc) is 3.14. The van der Waals surface area contributed by atoms with Crippen molar-refractivity contribution in [3.05, 3.63) is 59.7 Å². The zero-order chi connectivity index (χ0) is 24.0. The van der Waals surface area contributed by atoms with Crippen LogP contribution in [0.2, 0.25) is 0 Å². The molecule has 0 spiro atoms. The van der Waals surface area contributed by atoms with Crippen molar-refractivity contribution < 1.29 is 29.3 Å². The summed E-state index contributed by atoms with van der Waals surface area (Å²) < 4.78 is 5.53. The number of carboxylic acids is 1. The van der Waals surface area contributed by atoms with E-state index in [2.05, 4.69) is 10.6 Å². The Hall–Kier alpha value is -3.39. The normalized spacial score (nSPS) is 15.0. The number of amides is 2. The highest BCUT2D eigenvalue weighted by Gasteiger charge is 2.32. The molecule has 1 unspecified atom stereocenters. The largest absolute Gasteiger partial charge is 0.480 e. The molecule has 0 saturated heterocycles. The smallest absolute Gasteiger partial charge is 0.407 e. The van der Waals surface area contributed by atoms with E-state index >= 15 is 0 Å². The fourth-order valence-corrected chi connectivity index (χ4v) is 4.12. The number of carbonyl (C=O) groups excluding carboxylic acids is 2. The highest BCUT2D eigenvalue weighted by molar-refractivity contribution is 5.89. The Labute approximate surface area is 193 Å². The summed E-state index contributed by atoms with van der Waals surface area (Å²) >= 11 is 0. The van der Waals surface area contributed by atoms with Crippen molar-refractivity contribution in [1.82, 2.24) is 10.6 Å². The fourth-order valence-electron chi connectivity index (χ4n) is 4.12. The number of rotatable bonds is 10. The molecule has 0 heterocycles. The summed E-state index contributed by atoms with van der Waals surface area (Å²) in [6.07, 6.45) is -0.287. The Morgan fingerprint density at radius 1 is 1.00 bits per heavy atom. The van der Waals surface area contributed by atoms with Gasteiger partial charge in [-0.25, -0.2) is 9.59 Å². The third kappa shape index (κ3) is 5.51. The van der Waals surface area contributed by atoms with Gasteiger partial charge in [0.15, 0.2) is 0 Å². The van der Waals surface area contributed by atoms with Gasteiger partial charge in [-0.15, -0.1) is 0 Å². The van der Waals surface area contributed by atoms with Gasteiger partial charge in [-0.05, 0) is 28.2 Å². The zero-order valence-corrected chi connectivity index (χ0v) is 18.8. The van der Waals surface area contributed by atoms with E-state index in [1.165, 1.54) is 0 Å². The van der Waals surface area contributed by atoms with Crippen molar-refractivity contribution >= 4 is 18.0 Å². The van der Waals surface area contributed by atoms with Gasteiger partial charge in [-0.1, -0.05) is 68.8 Å². The lowest BCUT2D eigenvalue weighted by Gasteiger charge is -2.25. The van der Waals surface area contributed by atoms with E-state index in [0.717, 1.165) is 22.3 Å². The first-order valence-corrected chi connectivity index (χ1v) is 11.1. The van der Waals surface area contributed by atoms with Crippen LogP contribution in [0.3, 0.4) is 0 Å². The van der Waals surface area contributed by atoms with E-state index in [4.69, 9.17) is 9.84 Å². The standard InChI is InChI=1S/C25H30N2O6/c1-3-15(2)22(23(29)26-21(12-13-28)24(30)31)27-25(32)33-14-20-18-10-6-4-8-16(18)17-9-5-7-11-19(17)20/h4-11,15,20-22,28H,3,12-14H2,1-2H3,(H,26,29)(H,27,32)(H,30,31)/t15-,21?,22-/m0/s1. The van der Waals surface area contributed by atoms with Crippen LogP contribution in [0, 0.1) is 5.92 Å². The molecule has 3 rings (SSSR count). The van der Waals surface area contributed by atoms with Gasteiger partial charge in [-0.2, -0.15) is 0 Å². The first-order chi connectivity index (χ1) is 15.9. The monoisotopic (exact) mass is 454 g/mol. The van der Waals surface area contributed by atoms with Gasteiger partial charge < -0.3 is 25.6 Å². The van der Waals surface area contributed by atoms with Gasteiger partial charge in [0.25, 0.3) is 0 Å². The van der Waals surface area contributed by atoms with Crippen LogP contribution in [-0.4, -0.2) is 53.5 Å². The molecule has 0 bridgehead atoms. The number of hydrogen-bond donors (Lipinski definition) is 4. The molecule has 2 aromatic carbocycles. The molecule has 0 saturated carbocycles. The van der Waals surface area contributed by atoms with Gasteiger partial charge in [0, 0.05) is 18.9 Å². The lowest BCUT2D eigenvalue weighted by molar-refractivity contribution is -0.142. The van der Waals surface area contributed by atoms with Crippen LogP contribution in [0.5, 0.6) is 0 Å². The van der Waals surface area contributed by atoms with Gasteiger partial charge in [-0.3, -0.25) is 4.79 Å². The third-order valence-corrected chi connectivity index (χ3v) is 6.14. The van der Waals surface area contributed by atoms with Gasteiger partial charge in [0.05, 0.1) is 0 Å². The van der Waals surface area contributed by atoms with Crippen LogP contribution in [0.1, 0.15) is 43.7 Å². The summed E-state index contributed by atoms with van der Waals surface area (Å²) in [5, 5.41) is 23.3. The SMILES string of the molecule is CC[C@H](C)[C@H](NC(=O)OCC1c2ccccc2-c2ccccc21)C(=O)NC(CCO)C(=O)O. The van der Waals surface area contributed by atoms with E-state index in [0.29, 0.717) is 6.42 Å². The fraction of sp³-hybridized carbons (Fsp3) is 0.400. The highest BCUT2D eigenvalue weighted by Crippen LogP contribution is 2.44. The molecular weight excluding hydrogens is 424 g/mol. The second-order valence-corrected chi connectivity index (χ2v) is 8.24. The predicted octanol–water partition coefficient (Wildman–Crippen LogP) is 2.89. The molecule has 3 atom stereocenters. The molecule has 2 amide bonds.